The number of nitrogens with two attached hydrogens (primary N) is 1. The lowest BCUT2D eigenvalue weighted by molar-refractivity contribution is -0.240. The Balaban J connectivity index is 0.00000222. The van der Waals surface area contributed by atoms with Crippen LogP contribution in [0.25, 0.3) is 10.9 Å². The average molecular weight is 505 g/mol. The van der Waals surface area contributed by atoms with E-state index in [4.69, 9.17) is 10.5 Å². The molecule has 3 aromatic rings. The van der Waals surface area contributed by atoms with Crippen molar-refractivity contribution in [3.05, 3.63) is 68.8 Å². The van der Waals surface area contributed by atoms with Crippen LogP contribution in [0.15, 0.2) is 35.3 Å². The van der Waals surface area contributed by atoms with Gasteiger partial charge in [-0.3, -0.25) is 9.59 Å². The molecule has 0 saturated carbocycles. The van der Waals surface area contributed by atoms with Crippen molar-refractivity contribution >= 4 is 22.8 Å². The Morgan fingerprint density at radius 2 is 1.89 bits per heavy atom. The summed E-state index contributed by atoms with van der Waals surface area (Å²) in [4.78, 5) is 39.3. The van der Waals surface area contributed by atoms with Crippen LogP contribution in [-0.4, -0.2) is 39.3 Å². The summed E-state index contributed by atoms with van der Waals surface area (Å²) in [5.41, 5.74) is -0.0223. The fourth-order valence-electron chi connectivity index (χ4n) is 3.46. The van der Waals surface area contributed by atoms with E-state index in [1.165, 1.54) is 20.0 Å². The minimum absolute atomic E-state index is 0.0260. The summed E-state index contributed by atoms with van der Waals surface area (Å²) in [5.74, 6) is 2.33. The summed E-state index contributed by atoms with van der Waals surface area (Å²) in [6.07, 6.45) is -4.11. The van der Waals surface area contributed by atoms with Crippen molar-refractivity contribution in [2.45, 2.75) is 39.5 Å². The number of H-pyrrole nitrogens is 1. The van der Waals surface area contributed by atoms with E-state index in [0.717, 1.165) is 29.0 Å². The van der Waals surface area contributed by atoms with Crippen molar-refractivity contribution in [2.75, 3.05) is 6.61 Å². The number of carbonyl (C=O) groups excluding carboxylic acids is 2. The molecule has 8 nitrogen and oxygen atoms in total. The maximum absolute atomic E-state index is 14.0. The van der Waals surface area contributed by atoms with Gasteiger partial charge in [0.25, 0.3) is 5.56 Å². The third-order valence-corrected chi connectivity index (χ3v) is 5.15. The molecule has 192 valence electrons. The number of aryl methyl sites for hydroxylation is 2. The van der Waals surface area contributed by atoms with Gasteiger partial charge in [-0.15, -0.1) is 0 Å². The smallest absolute Gasteiger partial charge is 0.433 e. The number of ether oxygens (including phenoxy) is 1. The number of benzene rings is 1. The average Bonchev–Trinajstić information content (AvgIpc) is 3.18. The summed E-state index contributed by atoms with van der Waals surface area (Å²) in [7, 11) is 1.36. The van der Waals surface area contributed by atoms with Crippen molar-refractivity contribution in [2.24, 2.45) is 12.8 Å². The predicted molar refractivity (Wildman–Crippen MR) is 127 cm³/mol. The molecule has 0 fully saturated rings. The number of pyridine rings is 1. The number of alkyl halides is 3. The predicted octanol–water partition coefficient (Wildman–Crippen LogP) is 3.28. The van der Waals surface area contributed by atoms with E-state index in [2.05, 4.69) is 10.9 Å². The van der Waals surface area contributed by atoms with Crippen LogP contribution < -0.4 is 11.3 Å². The van der Waals surface area contributed by atoms with Crippen molar-refractivity contribution in [1.82, 2.24) is 9.55 Å². The second-order valence-electron chi connectivity index (χ2n) is 7.46. The van der Waals surface area contributed by atoms with Gasteiger partial charge < -0.3 is 25.1 Å². The Kier molecular flexibility index (Phi) is 8.38. The molecule has 0 bridgehead atoms. The third-order valence-electron chi connectivity index (χ3n) is 5.15. The first-order valence-electron chi connectivity index (χ1n) is 10.9. The highest BCUT2D eigenvalue weighted by Gasteiger charge is 2.54. The number of amides is 1. The summed E-state index contributed by atoms with van der Waals surface area (Å²) in [6.45, 7) is 7.11. The summed E-state index contributed by atoms with van der Waals surface area (Å²) in [5, 5.41) is 10.6. The Hall–Kier alpha value is -4.04. The van der Waals surface area contributed by atoms with E-state index in [9.17, 15) is 32.7 Å². The molecule has 0 radical (unpaired) electrons. The molecule has 1 unspecified atom stereocenters. The topological polar surface area (TPSA) is 127 Å². The molecule has 0 aliphatic heterocycles. The molecule has 2 heterocycles. The van der Waals surface area contributed by atoms with Crippen LogP contribution in [0.5, 0.6) is 0 Å². The quantitative estimate of drug-likeness (QED) is 0.371. The van der Waals surface area contributed by atoms with Crippen molar-refractivity contribution in [3.63, 3.8) is 0 Å². The fourth-order valence-corrected chi connectivity index (χ4v) is 3.46. The zero-order valence-corrected chi connectivity index (χ0v) is 20.3. The zero-order valence-electron chi connectivity index (χ0n) is 20.3. The molecule has 0 spiro atoms. The lowest BCUT2D eigenvalue weighted by atomic mass is 9.91. The van der Waals surface area contributed by atoms with Gasteiger partial charge in [0.2, 0.25) is 11.5 Å². The van der Waals surface area contributed by atoms with Gasteiger partial charge >= 0.3 is 12.1 Å². The molecule has 2 aromatic heterocycles. The minimum atomic E-state index is -5.27. The second kappa shape index (κ2) is 10.7. The Morgan fingerprint density at radius 3 is 2.44 bits per heavy atom. The molecular weight excluding hydrogens is 479 g/mol. The number of halogens is 3. The molecule has 0 saturated heterocycles. The number of aromatic amines is 1. The summed E-state index contributed by atoms with van der Waals surface area (Å²) >= 11 is 0. The maximum Gasteiger partial charge on any atom is 0.433 e. The monoisotopic (exact) mass is 505 g/mol. The van der Waals surface area contributed by atoms with E-state index >= 15 is 0 Å². The molecule has 1 amide bonds. The first-order chi connectivity index (χ1) is 16.8. The van der Waals surface area contributed by atoms with Gasteiger partial charge in [-0.05, 0) is 31.9 Å². The number of nitrogens with one attached hydrogen (secondary N) is 1. The largest absolute Gasteiger partial charge is 0.462 e. The zero-order chi connectivity index (χ0) is 27.4. The molecule has 1 aromatic carbocycles. The number of carbonyl (C=O) groups is 2. The molecular formula is C25H26F3N3O5. The van der Waals surface area contributed by atoms with E-state index < -0.39 is 34.8 Å². The first kappa shape index (κ1) is 28.2. The highest BCUT2D eigenvalue weighted by molar-refractivity contribution is 6.07. The maximum atomic E-state index is 14.0. The van der Waals surface area contributed by atoms with Crippen molar-refractivity contribution in [1.29, 1.82) is 0 Å². The van der Waals surface area contributed by atoms with Gasteiger partial charge in [0.1, 0.15) is 5.52 Å². The van der Waals surface area contributed by atoms with Crippen LogP contribution in [0.3, 0.4) is 0 Å². The van der Waals surface area contributed by atoms with Gasteiger partial charge in [-0.2, -0.15) is 13.2 Å². The molecule has 0 aliphatic carbocycles. The third kappa shape index (κ3) is 5.13. The van der Waals surface area contributed by atoms with Crippen LogP contribution >= 0.6 is 0 Å². The minimum Gasteiger partial charge on any atom is -0.462 e. The van der Waals surface area contributed by atoms with Gasteiger partial charge in [0, 0.05) is 35.5 Å². The number of aromatic nitrogens is 2. The van der Waals surface area contributed by atoms with Crippen LogP contribution in [0.4, 0.5) is 13.2 Å². The number of fused-ring (bicyclic) bond motifs is 1. The van der Waals surface area contributed by atoms with Crippen molar-refractivity contribution < 1.29 is 32.6 Å². The molecule has 0 aliphatic rings. The molecule has 36 heavy (non-hydrogen) atoms. The summed E-state index contributed by atoms with van der Waals surface area (Å²) < 4.78 is 48.1. The van der Waals surface area contributed by atoms with E-state index in [0.29, 0.717) is 0 Å². The van der Waals surface area contributed by atoms with Crippen LogP contribution in [-0.2, 0) is 17.4 Å². The SMILES string of the molecule is CC.CCOC(=O)c1c(C)[nH]c2c(=O)n(C)cc(C#CC(O)(c3cccc(C(N)=O)c3)C(F)(F)F)c12. The summed E-state index contributed by atoms with van der Waals surface area (Å²) in [6, 6.07) is 4.08. The van der Waals surface area contributed by atoms with Crippen LogP contribution in [0.2, 0.25) is 0 Å². The molecule has 11 heteroatoms. The van der Waals surface area contributed by atoms with E-state index in [-0.39, 0.29) is 39.9 Å². The molecule has 1 atom stereocenters. The number of primary amides is 1. The van der Waals surface area contributed by atoms with Crippen LogP contribution in [0.1, 0.15) is 58.3 Å². The van der Waals surface area contributed by atoms with Crippen LogP contribution in [0, 0.1) is 18.8 Å². The van der Waals surface area contributed by atoms with Gasteiger partial charge in [0.15, 0.2) is 0 Å². The lowest BCUT2D eigenvalue weighted by Gasteiger charge is -2.26. The highest BCUT2D eigenvalue weighted by Crippen LogP contribution is 2.39. The Morgan fingerprint density at radius 1 is 1.25 bits per heavy atom. The van der Waals surface area contributed by atoms with E-state index in [1.807, 2.05) is 19.8 Å². The van der Waals surface area contributed by atoms with Crippen molar-refractivity contribution in [3.8, 4) is 11.8 Å². The lowest BCUT2D eigenvalue weighted by Crippen LogP contribution is -2.41. The van der Waals surface area contributed by atoms with Gasteiger partial charge in [-0.25, -0.2) is 4.79 Å². The van der Waals surface area contributed by atoms with E-state index in [1.54, 1.807) is 6.92 Å². The molecule has 4 N–H and O–H groups in total. The number of rotatable bonds is 4. The Labute approximate surface area is 204 Å². The number of aliphatic hydroxyl groups is 1. The number of hydrogen-bond donors (Lipinski definition) is 3. The fraction of sp³-hybridized carbons (Fsp3) is 0.320. The first-order valence-corrected chi connectivity index (χ1v) is 10.9. The normalized spacial score (nSPS) is 12.6. The van der Waals surface area contributed by atoms with Gasteiger partial charge in [0.05, 0.1) is 17.7 Å². The highest BCUT2D eigenvalue weighted by atomic mass is 19.4. The molecule has 3 rings (SSSR count). The standard InChI is InChI=1S/C23H20F3N3O5.C2H6/c1-4-34-21(32)16-12(2)28-18-17(16)14(11-29(3)20(18)31)8-9-22(33,23(24,25)26)15-7-5-6-13(10-15)19(27)30;1-2/h5-7,10-11,28,33H,4H2,1-3H3,(H2,27,30);1-2H3. The Bertz CT molecular complexity index is 1430. The second-order valence-corrected chi connectivity index (χ2v) is 7.46. The number of esters is 1. The van der Waals surface area contributed by atoms with Gasteiger partial charge in [-0.1, -0.05) is 31.9 Å². The number of hydrogen-bond acceptors (Lipinski definition) is 5. The number of nitrogens with zero attached hydrogens (tertiary/aromatic N) is 1.